The molecular weight excluding hydrogens is 402 g/mol. The molecule has 10 heteroatoms. The zero-order valence-corrected chi connectivity index (χ0v) is 16.9. The van der Waals surface area contributed by atoms with Gasteiger partial charge in [-0.05, 0) is 36.1 Å². The minimum Gasteiger partial charge on any atom is -0.368 e. The minimum absolute atomic E-state index is 0.248. The average Bonchev–Trinajstić information content (AvgIpc) is 3.43. The smallest absolute Gasteiger partial charge is 0.273 e. The van der Waals surface area contributed by atoms with Gasteiger partial charge in [-0.1, -0.05) is 11.2 Å². The minimum atomic E-state index is -0.293. The van der Waals surface area contributed by atoms with Crippen LogP contribution in [-0.4, -0.2) is 39.1 Å². The molecule has 0 unspecified atom stereocenters. The van der Waals surface area contributed by atoms with Crippen molar-refractivity contribution in [2.45, 2.75) is 6.92 Å². The number of aryl methyl sites for hydroxylation is 1. The Morgan fingerprint density at radius 1 is 1.07 bits per heavy atom. The van der Waals surface area contributed by atoms with Gasteiger partial charge in [-0.25, -0.2) is 15.0 Å². The maximum Gasteiger partial charge on any atom is 0.273 e. The molecule has 0 saturated heterocycles. The molecule has 4 aromatic heterocycles. The molecule has 0 fully saturated rings. The van der Waals surface area contributed by atoms with Crippen LogP contribution in [0.2, 0.25) is 0 Å². The van der Waals surface area contributed by atoms with Gasteiger partial charge < -0.3 is 20.5 Å². The van der Waals surface area contributed by atoms with Gasteiger partial charge in [-0.15, -0.1) is 11.3 Å². The van der Waals surface area contributed by atoms with E-state index >= 15 is 0 Å². The Bertz CT molecular complexity index is 1130. The Kier molecular flexibility index (Phi) is 5.95. The molecule has 9 nitrogen and oxygen atoms in total. The number of rotatable bonds is 8. The van der Waals surface area contributed by atoms with Crippen molar-refractivity contribution in [3.05, 3.63) is 65.6 Å². The molecule has 4 heterocycles. The molecule has 0 aliphatic heterocycles. The molecule has 4 aromatic rings. The summed E-state index contributed by atoms with van der Waals surface area (Å²) in [7, 11) is 0. The number of hydrogen-bond donors (Lipinski definition) is 3. The first-order valence-electron chi connectivity index (χ1n) is 9.22. The first kappa shape index (κ1) is 19.5. The summed E-state index contributed by atoms with van der Waals surface area (Å²) in [6.07, 6.45) is 3.19. The second kappa shape index (κ2) is 9.14. The first-order valence-corrected chi connectivity index (χ1v) is 10.1. The summed E-state index contributed by atoms with van der Waals surface area (Å²) >= 11 is 1.53. The fourth-order valence-electron chi connectivity index (χ4n) is 2.63. The van der Waals surface area contributed by atoms with Gasteiger partial charge in [-0.3, -0.25) is 4.79 Å². The zero-order chi connectivity index (χ0) is 20.8. The maximum atomic E-state index is 12.2. The highest BCUT2D eigenvalue weighted by atomic mass is 32.1. The second-order valence-electron chi connectivity index (χ2n) is 6.37. The van der Waals surface area contributed by atoms with E-state index in [1.165, 1.54) is 17.7 Å². The van der Waals surface area contributed by atoms with Crippen LogP contribution in [0.4, 0.5) is 17.5 Å². The van der Waals surface area contributed by atoms with Crippen LogP contribution in [0.15, 0.2) is 58.8 Å². The summed E-state index contributed by atoms with van der Waals surface area (Å²) in [5.74, 6) is 2.26. The van der Waals surface area contributed by atoms with Crippen molar-refractivity contribution < 1.29 is 9.32 Å². The third kappa shape index (κ3) is 4.97. The normalized spacial score (nSPS) is 10.6. The predicted molar refractivity (Wildman–Crippen MR) is 115 cm³/mol. The molecule has 3 N–H and O–H groups in total. The van der Waals surface area contributed by atoms with Crippen LogP contribution < -0.4 is 16.0 Å². The lowest BCUT2D eigenvalue weighted by Crippen LogP contribution is -2.29. The predicted octanol–water partition coefficient (Wildman–Crippen LogP) is 3.48. The van der Waals surface area contributed by atoms with Gasteiger partial charge in [0.15, 0.2) is 11.5 Å². The van der Waals surface area contributed by atoms with E-state index in [1.807, 2.05) is 36.6 Å². The van der Waals surface area contributed by atoms with Crippen molar-refractivity contribution in [2.75, 3.05) is 23.7 Å². The van der Waals surface area contributed by atoms with Crippen LogP contribution in [0, 0.1) is 6.92 Å². The quantitative estimate of drug-likeness (QED) is 0.370. The third-order valence-electron chi connectivity index (χ3n) is 4.06. The number of nitrogens with one attached hydrogen (secondary N) is 3. The van der Waals surface area contributed by atoms with Crippen molar-refractivity contribution in [1.29, 1.82) is 0 Å². The van der Waals surface area contributed by atoms with E-state index < -0.39 is 0 Å². The number of thiophene rings is 1. The summed E-state index contributed by atoms with van der Waals surface area (Å²) in [6, 6.07) is 11.1. The van der Waals surface area contributed by atoms with Gasteiger partial charge >= 0.3 is 0 Å². The first-order chi connectivity index (χ1) is 14.7. The van der Waals surface area contributed by atoms with Gasteiger partial charge in [0.2, 0.25) is 0 Å². The van der Waals surface area contributed by atoms with Gasteiger partial charge in [0.25, 0.3) is 5.91 Å². The Morgan fingerprint density at radius 3 is 2.77 bits per heavy atom. The molecule has 152 valence electrons. The molecule has 1 amide bonds. The summed E-state index contributed by atoms with van der Waals surface area (Å²) in [5.41, 5.74) is 1.35. The number of nitrogens with zero attached hydrogens (tertiary/aromatic N) is 4. The third-order valence-corrected chi connectivity index (χ3v) is 4.95. The number of aromatic nitrogens is 4. The number of pyridine rings is 1. The Morgan fingerprint density at radius 2 is 1.93 bits per heavy atom. The van der Waals surface area contributed by atoms with E-state index in [0.717, 1.165) is 10.4 Å². The Labute approximate surface area is 176 Å². The molecule has 0 aliphatic carbocycles. The monoisotopic (exact) mass is 421 g/mol. The highest BCUT2D eigenvalue weighted by molar-refractivity contribution is 7.13. The van der Waals surface area contributed by atoms with Gasteiger partial charge in [0, 0.05) is 31.4 Å². The summed E-state index contributed by atoms with van der Waals surface area (Å²) in [5, 5.41) is 14.9. The lowest BCUT2D eigenvalue weighted by Gasteiger charge is -2.09. The van der Waals surface area contributed by atoms with E-state index in [-0.39, 0.29) is 11.6 Å². The number of hydrogen-bond acceptors (Lipinski definition) is 9. The highest BCUT2D eigenvalue weighted by Gasteiger charge is 2.13. The molecular formula is C20H19N7O2S. The fourth-order valence-corrected chi connectivity index (χ4v) is 3.31. The highest BCUT2D eigenvalue weighted by Crippen LogP contribution is 2.25. The molecule has 0 spiro atoms. The standard InChI is InChI=1S/C20H19N7O2S/c1-13-4-5-21-18(9-13)26-19-11-17(24-12-25-19)22-6-7-23-20(28)14-10-15(29-27-14)16-3-2-8-30-16/h2-5,8-12H,6-7H2,1H3,(H,23,28)(H2,21,22,24,25,26). The number of carbonyl (C=O) groups is 1. The Balaban J connectivity index is 1.26. The molecule has 0 radical (unpaired) electrons. The van der Waals surface area contributed by atoms with Crippen molar-refractivity contribution >= 4 is 34.7 Å². The molecule has 0 bridgehead atoms. The lowest BCUT2D eigenvalue weighted by molar-refractivity contribution is 0.0946. The van der Waals surface area contributed by atoms with E-state index in [4.69, 9.17) is 4.52 Å². The fraction of sp³-hybridized carbons (Fsp3) is 0.150. The van der Waals surface area contributed by atoms with Crippen molar-refractivity contribution in [2.24, 2.45) is 0 Å². The van der Waals surface area contributed by atoms with Crippen molar-refractivity contribution in [3.63, 3.8) is 0 Å². The van der Waals surface area contributed by atoms with Crippen LogP contribution in [-0.2, 0) is 0 Å². The number of anilines is 3. The second-order valence-corrected chi connectivity index (χ2v) is 7.32. The van der Waals surface area contributed by atoms with Crippen molar-refractivity contribution in [3.8, 4) is 10.6 Å². The van der Waals surface area contributed by atoms with E-state index in [1.54, 1.807) is 18.3 Å². The molecule has 30 heavy (non-hydrogen) atoms. The SMILES string of the molecule is Cc1ccnc(Nc2cc(NCCNC(=O)c3cc(-c4cccs4)on3)ncn2)c1. The summed E-state index contributed by atoms with van der Waals surface area (Å²) in [6.45, 7) is 2.88. The van der Waals surface area contributed by atoms with Crippen LogP contribution in [0.5, 0.6) is 0 Å². The summed E-state index contributed by atoms with van der Waals surface area (Å²) in [4.78, 5) is 25.8. The number of amides is 1. The maximum absolute atomic E-state index is 12.2. The zero-order valence-electron chi connectivity index (χ0n) is 16.1. The van der Waals surface area contributed by atoms with Crippen LogP contribution >= 0.6 is 11.3 Å². The molecule has 4 rings (SSSR count). The number of carbonyl (C=O) groups excluding carboxylic acids is 1. The van der Waals surface area contributed by atoms with Crippen molar-refractivity contribution in [1.82, 2.24) is 25.4 Å². The summed E-state index contributed by atoms with van der Waals surface area (Å²) < 4.78 is 5.23. The van der Waals surface area contributed by atoms with Gasteiger partial charge in [-0.2, -0.15) is 0 Å². The van der Waals surface area contributed by atoms with Crippen LogP contribution in [0.3, 0.4) is 0 Å². The molecule has 0 aromatic carbocycles. The van der Waals surface area contributed by atoms with Crippen LogP contribution in [0.25, 0.3) is 10.6 Å². The molecule has 0 aliphatic rings. The molecule has 0 saturated carbocycles. The lowest BCUT2D eigenvalue weighted by atomic mass is 10.3. The van der Waals surface area contributed by atoms with E-state index in [2.05, 4.69) is 36.1 Å². The van der Waals surface area contributed by atoms with Gasteiger partial charge in [0.05, 0.1) is 4.88 Å². The van der Waals surface area contributed by atoms with E-state index in [9.17, 15) is 4.79 Å². The molecule has 0 atom stereocenters. The van der Waals surface area contributed by atoms with Gasteiger partial charge in [0.1, 0.15) is 23.8 Å². The topological polar surface area (TPSA) is 118 Å². The van der Waals surface area contributed by atoms with E-state index in [0.29, 0.717) is 36.3 Å². The largest absolute Gasteiger partial charge is 0.368 e. The van der Waals surface area contributed by atoms with Crippen LogP contribution in [0.1, 0.15) is 16.1 Å². The Hall–Kier alpha value is -3.79. The average molecular weight is 421 g/mol.